The Morgan fingerprint density at radius 1 is 1.23 bits per heavy atom. The van der Waals surface area contributed by atoms with Crippen LogP contribution in [0.4, 0.5) is 27.6 Å². The van der Waals surface area contributed by atoms with Gasteiger partial charge in [0, 0.05) is 33.4 Å². The lowest BCUT2D eigenvalue weighted by molar-refractivity contribution is -0.144. The lowest BCUT2D eigenvalue weighted by Gasteiger charge is -2.41. The number of aliphatic hydroxyl groups is 1. The molecule has 1 aliphatic rings. The average molecular weight is 684 g/mol. The van der Waals surface area contributed by atoms with E-state index in [0.717, 1.165) is 18.5 Å². The molecule has 4 rings (SSSR count). The maximum Gasteiger partial charge on any atom is 0.433 e. The number of carbonyl (C=O) groups excluding carboxylic acids is 1. The predicted molar refractivity (Wildman–Crippen MR) is 159 cm³/mol. The topological polar surface area (TPSA) is 81.6 Å². The Bertz CT molecular complexity index is 1590. The van der Waals surface area contributed by atoms with Gasteiger partial charge >= 0.3 is 6.18 Å². The molecule has 1 unspecified atom stereocenters. The second-order valence-electron chi connectivity index (χ2n) is 10.1. The van der Waals surface area contributed by atoms with Crippen LogP contribution in [0.15, 0.2) is 64.6 Å². The van der Waals surface area contributed by atoms with Gasteiger partial charge < -0.3 is 10.4 Å². The molecule has 1 fully saturated rings. The molecular weight excluding hydrogens is 656 g/mol. The van der Waals surface area contributed by atoms with Crippen LogP contribution < -0.4 is 5.32 Å². The van der Waals surface area contributed by atoms with Gasteiger partial charge in [-0.1, -0.05) is 36.3 Å². The van der Waals surface area contributed by atoms with E-state index >= 15 is 0 Å². The Labute approximate surface area is 255 Å². The summed E-state index contributed by atoms with van der Waals surface area (Å²) in [6.07, 6.45) is -2.21. The SMILES string of the molecule is C/P=C(Nc1ccc(Br)cc1-c1cc(C(F)(F)F)ncn1)\C(C)=C(/O)C1(C)CCCN1N(C=O)Cc1cccc(F)c1F. The normalized spacial score (nSPS) is 18.4. The molecule has 2 aromatic carbocycles. The second-order valence-corrected chi connectivity index (χ2v) is 11.9. The van der Waals surface area contributed by atoms with Crippen molar-refractivity contribution in [2.45, 2.75) is 44.9 Å². The van der Waals surface area contributed by atoms with Gasteiger partial charge in [-0.3, -0.25) is 9.80 Å². The summed E-state index contributed by atoms with van der Waals surface area (Å²) < 4.78 is 68.9. The zero-order chi connectivity index (χ0) is 31.5. The standard InChI is InChI=1S/C29H28BrF5N5O2P/c1-17(26(42)28(2)10-5-11-40(28)39(16-41)14-18-6-4-7-21(31)25(18)32)27(43-3)38-22-9-8-19(30)12-20(22)23-13-24(29(33,34)35)37-15-36-23/h4,6-9,12-13,15-16,38,42H,5,10-11,14H2,1-3H3/b26-17-. The fourth-order valence-electron chi connectivity index (χ4n) is 5.08. The highest BCUT2D eigenvalue weighted by atomic mass is 79.9. The number of amides is 1. The van der Waals surface area contributed by atoms with E-state index in [2.05, 4.69) is 31.2 Å². The third-order valence-electron chi connectivity index (χ3n) is 7.31. The molecule has 1 aromatic heterocycles. The number of alkyl halides is 3. The van der Waals surface area contributed by atoms with Crippen molar-refractivity contribution >= 4 is 41.6 Å². The minimum Gasteiger partial charge on any atom is -0.510 e. The van der Waals surface area contributed by atoms with Crippen molar-refractivity contribution in [2.75, 3.05) is 18.5 Å². The number of nitrogens with zero attached hydrogens (tertiary/aromatic N) is 4. The Kier molecular flexibility index (Phi) is 9.88. The second kappa shape index (κ2) is 13.1. The Balaban J connectivity index is 1.67. The van der Waals surface area contributed by atoms with E-state index in [1.165, 1.54) is 17.1 Å². The number of aliphatic hydroxyl groups excluding tert-OH is 1. The first-order valence-corrected chi connectivity index (χ1v) is 15.2. The molecule has 1 amide bonds. The number of nitrogens with one attached hydrogen (secondary N) is 1. The van der Waals surface area contributed by atoms with E-state index < -0.39 is 29.0 Å². The Hall–Kier alpha value is -3.41. The number of hydrogen-bond acceptors (Lipinski definition) is 5. The Morgan fingerprint density at radius 3 is 2.65 bits per heavy atom. The smallest absolute Gasteiger partial charge is 0.433 e. The van der Waals surface area contributed by atoms with Crippen molar-refractivity contribution in [1.29, 1.82) is 0 Å². The summed E-state index contributed by atoms with van der Waals surface area (Å²) in [4.78, 5) is 19.6. The van der Waals surface area contributed by atoms with Crippen LogP contribution >= 0.6 is 24.1 Å². The predicted octanol–water partition coefficient (Wildman–Crippen LogP) is 7.58. The largest absolute Gasteiger partial charge is 0.510 e. The van der Waals surface area contributed by atoms with Gasteiger partial charge in [-0.15, -0.1) is 0 Å². The zero-order valence-electron chi connectivity index (χ0n) is 23.4. The molecule has 1 atom stereocenters. The first-order valence-electron chi connectivity index (χ1n) is 13.1. The van der Waals surface area contributed by atoms with Crippen molar-refractivity contribution in [2.24, 2.45) is 0 Å². The highest BCUT2D eigenvalue weighted by Crippen LogP contribution is 2.39. The highest BCUT2D eigenvalue weighted by molar-refractivity contribution is 9.10. The lowest BCUT2D eigenvalue weighted by atomic mass is 9.93. The highest BCUT2D eigenvalue weighted by Gasteiger charge is 2.44. The number of aromatic nitrogens is 2. The van der Waals surface area contributed by atoms with E-state index in [1.807, 2.05) is 6.66 Å². The molecule has 2 N–H and O–H groups in total. The van der Waals surface area contributed by atoms with Gasteiger partial charge in [0.25, 0.3) is 0 Å². The number of halogens is 6. The van der Waals surface area contributed by atoms with Gasteiger partial charge in [0.15, 0.2) is 11.6 Å². The number of hydrogen-bond donors (Lipinski definition) is 2. The summed E-state index contributed by atoms with van der Waals surface area (Å²) in [5.74, 6) is -2.12. The van der Waals surface area contributed by atoms with Gasteiger partial charge in [0.2, 0.25) is 6.41 Å². The number of benzene rings is 2. The average Bonchev–Trinajstić information content (AvgIpc) is 3.38. The van der Waals surface area contributed by atoms with E-state index in [-0.39, 0.29) is 23.6 Å². The molecule has 1 aliphatic heterocycles. The van der Waals surface area contributed by atoms with Crippen LogP contribution in [0.1, 0.15) is 37.9 Å². The summed E-state index contributed by atoms with van der Waals surface area (Å²) in [5, 5.41) is 17.7. The zero-order valence-corrected chi connectivity index (χ0v) is 25.9. The van der Waals surface area contributed by atoms with Crippen LogP contribution in [0.5, 0.6) is 0 Å². The lowest BCUT2D eigenvalue weighted by Crippen LogP contribution is -2.53. The first-order chi connectivity index (χ1) is 20.3. The fraction of sp³-hybridized carbons (Fsp3) is 0.310. The third-order valence-corrected chi connectivity index (χ3v) is 8.70. The molecular formula is C29H28BrF5N5O2P. The maximum absolute atomic E-state index is 14.4. The van der Waals surface area contributed by atoms with Crippen molar-refractivity contribution < 1.29 is 31.9 Å². The number of rotatable bonds is 9. The van der Waals surface area contributed by atoms with Crippen molar-refractivity contribution in [1.82, 2.24) is 20.0 Å². The van der Waals surface area contributed by atoms with Crippen LogP contribution in [0.2, 0.25) is 0 Å². The van der Waals surface area contributed by atoms with Gasteiger partial charge in [0.05, 0.1) is 23.2 Å². The van der Waals surface area contributed by atoms with Gasteiger partial charge in [-0.25, -0.2) is 23.8 Å². The molecule has 14 heteroatoms. The molecule has 0 saturated carbocycles. The number of anilines is 1. The van der Waals surface area contributed by atoms with Gasteiger partial charge in [-0.05, 0) is 63.7 Å². The fourth-order valence-corrected chi connectivity index (χ4v) is 6.12. The van der Waals surface area contributed by atoms with Crippen LogP contribution in [-0.2, 0) is 17.5 Å². The minimum absolute atomic E-state index is 0.0105. The summed E-state index contributed by atoms with van der Waals surface area (Å²) in [6, 6.07) is 9.62. The van der Waals surface area contributed by atoms with E-state index in [9.17, 15) is 31.9 Å². The molecule has 43 heavy (non-hydrogen) atoms. The third kappa shape index (κ3) is 6.89. The summed E-state index contributed by atoms with van der Waals surface area (Å²) in [7, 11) is 0.694. The molecule has 0 spiro atoms. The van der Waals surface area contributed by atoms with Gasteiger partial charge in [0.1, 0.15) is 17.8 Å². The summed E-state index contributed by atoms with van der Waals surface area (Å²) >= 11 is 3.36. The minimum atomic E-state index is -4.65. The van der Waals surface area contributed by atoms with Gasteiger partial charge in [-0.2, -0.15) is 13.2 Å². The maximum atomic E-state index is 14.4. The van der Waals surface area contributed by atoms with Crippen LogP contribution in [0.25, 0.3) is 11.3 Å². The van der Waals surface area contributed by atoms with Crippen LogP contribution in [0, 0.1) is 11.6 Å². The molecule has 3 aromatic rings. The Morgan fingerprint density at radius 2 is 1.98 bits per heavy atom. The molecule has 228 valence electrons. The molecule has 7 nitrogen and oxygen atoms in total. The monoisotopic (exact) mass is 683 g/mol. The van der Waals surface area contributed by atoms with E-state index in [4.69, 9.17) is 0 Å². The van der Waals surface area contributed by atoms with Crippen molar-refractivity contribution in [3.63, 3.8) is 0 Å². The van der Waals surface area contributed by atoms with E-state index in [1.54, 1.807) is 37.1 Å². The summed E-state index contributed by atoms with van der Waals surface area (Å²) in [5.41, 5.74) is -0.301. The van der Waals surface area contributed by atoms with Crippen molar-refractivity contribution in [3.8, 4) is 11.3 Å². The van der Waals surface area contributed by atoms with E-state index in [0.29, 0.717) is 60.7 Å². The van der Waals surface area contributed by atoms with Crippen LogP contribution in [-0.4, -0.2) is 55.7 Å². The van der Waals surface area contributed by atoms with Crippen molar-refractivity contribution in [3.05, 3.63) is 87.5 Å². The molecule has 0 bridgehead atoms. The molecule has 1 saturated heterocycles. The first kappa shape index (κ1) is 32.5. The molecule has 2 heterocycles. The number of carbonyl (C=O) groups is 1. The molecule has 0 aliphatic carbocycles. The quantitative estimate of drug-likeness (QED) is 0.105. The van der Waals surface area contributed by atoms with Crippen LogP contribution in [0.3, 0.4) is 0 Å². The number of hydrazine groups is 1. The molecule has 0 radical (unpaired) electrons. The summed E-state index contributed by atoms with van der Waals surface area (Å²) in [6.45, 7) is 5.41.